The Morgan fingerprint density at radius 1 is 1.03 bits per heavy atom. The van der Waals surface area contributed by atoms with E-state index in [1.807, 2.05) is 0 Å². The highest BCUT2D eigenvalue weighted by Gasteiger charge is 2.19. The van der Waals surface area contributed by atoms with Crippen LogP contribution in [0.4, 0.5) is 4.39 Å². The quantitative estimate of drug-likeness (QED) is 0.410. The number of aromatic nitrogens is 1. The lowest BCUT2D eigenvalue weighted by molar-refractivity contribution is 0.0474. The number of ketones is 1. The van der Waals surface area contributed by atoms with E-state index in [9.17, 15) is 22.4 Å². The second-order valence-electron chi connectivity index (χ2n) is 7.37. The molecule has 0 radical (unpaired) electrons. The first kappa shape index (κ1) is 22.4. The zero-order chi connectivity index (χ0) is 22.8. The first-order valence-corrected chi connectivity index (χ1v) is 11.5. The topological polar surface area (TPSA) is 82.4 Å². The molecule has 3 aromatic rings. The number of hydrogen-bond donors (Lipinski definition) is 0. The summed E-state index contributed by atoms with van der Waals surface area (Å²) >= 11 is 0. The minimum atomic E-state index is -3.25. The van der Waals surface area contributed by atoms with Crippen LogP contribution in [0.25, 0.3) is 5.69 Å². The van der Waals surface area contributed by atoms with E-state index in [2.05, 4.69) is 0 Å². The van der Waals surface area contributed by atoms with Crippen LogP contribution >= 0.6 is 0 Å². The van der Waals surface area contributed by atoms with E-state index in [1.54, 1.807) is 48.7 Å². The van der Waals surface area contributed by atoms with Crippen molar-refractivity contribution in [3.05, 3.63) is 88.5 Å². The second-order valence-corrected chi connectivity index (χ2v) is 9.51. The minimum absolute atomic E-state index is 0.166. The van der Waals surface area contributed by atoms with Crippen molar-refractivity contribution >= 4 is 21.6 Å². The Bertz CT molecular complexity index is 1260. The number of hydrogen-bond acceptors (Lipinski definition) is 5. The number of esters is 1. The smallest absolute Gasteiger partial charge is 0.338 e. The van der Waals surface area contributed by atoms with Gasteiger partial charge in [-0.25, -0.2) is 17.6 Å². The molecule has 1 aromatic heterocycles. The average Bonchev–Trinajstić information content (AvgIpc) is 2.99. The Labute approximate surface area is 180 Å². The van der Waals surface area contributed by atoms with E-state index in [0.29, 0.717) is 22.5 Å². The highest BCUT2D eigenvalue weighted by atomic mass is 32.2. The van der Waals surface area contributed by atoms with Crippen LogP contribution in [0.3, 0.4) is 0 Å². The van der Waals surface area contributed by atoms with Gasteiger partial charge < -0.3 is 9.30 Å². The van der Waals surface area contributed by atoms with E-state index in [1.165, 1.54) is 24.3 Å². The van der Waals surface area contributed by atoms with Crippen LogP contribution in [0.2, 0.25) is 0 Å². The lowest BCUT2D eigenvalue weighted by Gasteiger charge is -2.10. The predicted molar refractivity (Wildman–Crippen MR) is 115 cm³/mol. The van der Waals surface area contributed by atoms with Gasteiger partial charge in [-0.2, -0.15) is 0 Å². The molecule has 0 spiro atoms. The van der Waals surface area contributed by atoms with E-state index < -0.39 is 28.2 Å². The molecule has 0 aliphatic carbocycles. The summed E-state index contributed by atoms with van der Waals surface area (Å²) in [6.45, 7) is 3.07. The molecule has 0 atom stereocenters. The Morgan fingerprint density at radius 3 is 2.42 bits per heavy atom. The monoisotopic (exact) mass is 443 g/mol. The van der Waals surface area contributed by atoms with Crippen molar-refractivity contribution in [2.75, 3.05) is 12.9 Å². The number of benzene rings is 2. The minimum Gasteiger partial charge on any atom is -0.454 e. The molecule has 162 valence electrons. The fourth-order valence-corrected chi connectivity index (χ4v) is 4.23. The fraction of sp³-hybridized carbons (Fsp3) is 0.217. The number of nitrogens with zero attached hydrogens (tertiary/aromatic N) is 1. The summed E-state index contributed by atoms with van der Waals surface area (Å²) in [4.78, 5) is 25.0. The maximum absolute atomic E-state index is 13.6. The Morgan fingerprint density at radius 2 is 1.74 bits per heavy atom. The van der Waals surface area contributed by atoms with E-state index in [-0.39, 0.29) is 17.1 Å². The van der Waals surface area contributed by atoms with Gasteiger partial charge in [-0.3, -0.25) is 4.79 Å². The molecule has 1 heterocycles. The lowest BCUT2D eigenvalue weighted by Crippen LogP contribution is -2.15. The van der Waals surface area contributed by atoms with E-state index >= 15 is 0 Å². The zero-order valence-corrected chi connectivity index (χ0v) is 18.2. The van der Waals surface area contributed by atoms with Crippen LogP contribution < -0.4 is 0 Å². The van der Waals surface area contributed by atoms with Gasteiger partial charge in [-0.15, -0.1) is 0 Å². The third-order valence-corrected chi connectivity index (χ3v) is 5.58. The van der Waals surface area contributed by atoms with E-state index in [4.69, 9.17) is 4.74 Å². The molecule has 0 aliphatic heterocycles. The van der Waals surface area contributed by atoms with Crippen LogP contribution in [0.1, 0.15) is 37.7 Å². The molecule has 0 saturated heterocycles. The predicted octanol–water partition coefficient (Wildman–Crippen LogP) is 3.82. The average molecular weight is 443 g/mol. The highest BCUT2D eigenvalue weighted by Crippen LogP contribution is 2.22. The summed E-state index contributed by atoms with van der Waals surface area (Å²) in [6, 6.07) is 13.8. The fourth-order valence-electron chi connectivity index (χ4n) is 3.44. The maximum atomic E-state index is 13.6. The van der Waals surface area contributed by atoms with Crippen LogP contribution in [0, 0.1) is 19.7 Å². The number of carbonyl (C=O) groups excluding carboxylic acids is 2. The van der Waals surface area contributed by atoms with Gasteiger partial charge >= 0.3 is 5.97 Å². The van der Waals surface area contributed by atoms with Crippen LogP contribution in [0.15, 0.2) is 54.6 Å². The summed E-state index contributed by atoms with van der Waals surface area (Å²) in [5.41, 5.74) is 2.95. The molecule has 31 heavy (non-hydrogen) atoms. The number of Topliss-reactive ketones (excluding diaryl/α,β-unsaturated/α-hetero) is 1. The van der Waals surface area contributed by atoms with Gasteiger partial charge in [0, 0.05) is 28.9 Å². The molecule has 0 amide bonds. The molecule has 3 rings (SSSR count). The zero-order valence-electron chi connectivity index (χ0n) is 17.4. The third-order valence-electron chi connectivity index (χ3n) is 4.72. The summed E-state index contributed by atoms with van der Waals surface area (Å²) in [5.74, 6) is -1.69. The molecule has 2 aromatic carbocycles. The number of carbonyl (C=O) groups is 2. The Balaban J connectivity index is 1.74. The molecule has 0 N–H and O–H groups in total. The molecular weight excluding hydrogens is 421 g/mol. The molecule has 0 saturated carbocycles. The van der Waals surface area contributed by atoms with Gasteiger partial charge in [-0.05, 0) is 55.8 Å². The van der Waals surface area contributed by atoms with Crippen molar-refractivity contribution in [1.29, 1.82) is 0 Å². The maximum Gasteiger partial charge on any atom is 0.338 e. The van der Waals surface area contributed by atoms with Gasteiger partial charge in [0.15, 0.2) is 16.4 Å². The van der Waals surface area contributed by atoms with Gasteiger partial charge in [0.25, 0.3) is 0 Å². The SMILES string of the molecule is Cc1cc(C(=O)COC(=O)c2cccc(CS(C)(=O)=O)c2)c(C)n1-c1cccc(F)c1. The van der Waals surface area contributed by atoms with Crippen LogP contribution in [0.5, 0.6) is 0 Å². The van der Waals surface area contributed by atoms with Crippen molar-refractivity contribution in [3.63, 3.8) is 0 Å². The van der Waals surface area contributed by atoms with Crippen molar-refractivity contribution in [1.82, 2.24) is 4.57 Å². The van der Waals surface area contributed by atoms with Crippen molar-refractivity contribution < 1.29 is 27.1 Å². The summed E-state index contributed by atoms with van der Waals surface area (Å²) < 4.78 is 43.4. The molecule has 8 heteroatoms. The molecule has 0 unspecified atom stereocenters. The lowest BCUT2D eigenvalue weighted by atomic mass is 10.1. The second kappa shape index (κ2) is 8.85. The highest BCUT2D eigenvalue weighted by molar-refractivity contribution is 7.89. The van der Waals surface area contributed by atoms with E-state index in [0.717, 1.165) is 11.9 Å². The first-order valence-electron chi connectivity index (χ1n) is 9.47. The van der Waals surface area contributed by atoms with Gasteiger partial charge in [-0.1, -0.05) is 18.2 Å². The molecule has 0 aliphatic rings. The molecule has 0 fully saturated rings. The number of halogens is 1. The largest absolute Gasteiger partial charge is 0.454 e. The van der Waals surface area contributed by atoms with Gasteiger partial charge in [0.2, 0.25) is 5.78 Å². The number of rotatable bonds is 7. The van der Waals surface area contributed by atoms with Crippen LogP contribution in [-0.2, 0) is 20.3 Å². The number of ether oxygens (including phenoxy) is 1. The first-order chi connectivity index (χ1) is 14.5. The number of aryl methyl sites for hydroxylation is 1. The number of sulfone groups is 1. The molecule has 0 bridgehead atoms. The van der Waals surface area contributed by atoms with Gasteiger partial charge in [0.05, 0.1) is 11.3 Å². The van der Waals surface area contributed by atoms with Crippen molar-refractivity contribution in [2.45, 2.75) is 19.6 Å². The molecule has 6 nitrogen and oxygen atoms in total. The Hall–Kier alpha value is -3.26. The normalized spacial score (nSPS) is 11.4. The van der Waals surface area contributed by atoms with Crippen molar-refractivity contribution in [2.24, 2.45) is 0 Å². The standard InChI is InChI=1S/C23H22FNO5S/c1-15-10-21(16(2)25(15)20-9-5-8-19(24)12-20)22(26)13-30-23(27)18-7-4-6-17(11-18)14-31(3,28)29/h4-12H,13-14H2,1-3H3. The van der Waals surface area contributed by atoms with Crippen LogP contribution in [-0.4, -0.2) is 37.6 Å². The summed E-state index contributed by atoms with van der Waals surface area (Å²) in [6.07, 6.45) is 1.11. The molecular formula is C23H22FNO5S. The Kier molecular flexibility index (Phi) is 6.40. The van der Waals surface area contributed by atoms with Crippen molar-refractivity contribution in [3.8, 4) is 5.69 Å². The summed E-state index contributed by atoms with van der Waals surface area (Å²) in [5, 5.41) is 0. The van der Waals surface area contributed by atoms with Gasteiger partial charge in [0.1, 0.15) is 5.82 Å². The summed E-state index contributed by atoms with van der Waals surface area (Å²) in [7, 11) is -3.25. The third kappa shape index (κ3) is 5.46.